The maximum absolute atomic E-state index is 13.2. The van der Waals surface area contributed by atoms with Gasteiger partial charge in [0, 0.05) is 5.69 Å². The van der Waals surface area contributed by atoms with Crippen LogP contribution in [-0.4, -0.2) is 0 Å². The molecule has 2 N–H and O–H groups in total. The van der Waals surface area contributed by atoms with Gasteiger partial charge in [-0.2, -0.15) is 0 Å². The van der Waals surface area contributed by atoms with Gasteiger partial charge < -0.3 is 5.73 Å². The van der Waals surface area contributed by atoms with E-state index in [1.807, 2.05) is 12.1 Å². The third kappa shape index (κ3) is 2.10. The van der Waals surface area contributed by atoms with Gasteiger partial charge in [0.25, 0.3) is 0 Å². The highest BCUT2D eigenvalue weighted by atomic mass is 35.5. The number of rotatable bonds is 1. The number of halogens is 2. The molecular weight excluding hydrogens is 213 g/mol. The van der Waals surface area contributed by atoms with Crippen LogP contribution in [0.5, 0.6) is 0 Å². The number of benzene rings is 2. The molecule has 0 saturated carbocycles. The molecule has 0 aliphatic rings. The van der Waals surface area contributed by atoms with E-state index in [1.165, 1.54) is 12.1 Å². The highest BCUT2D eigenvalue weighted by Crippen LogP contribution is 2.25. The van der Waals surface area contributed by atoms with Gasteiger partial charge in [-0.1, -0.05) is 29.8 Å². The maximum Gasteiger partial charge on any atom is 0.142 e. The smallest absolute Gasteiger partial charge is 0.142 e. The molecule has 2 aromatic rings. The van der Waals surface area contributed by atoms with Gasteiger partial charge in [0.1, 0.15) is 5.82 Å². The fraction of sp³-hybridized carbons (Fsp3) is 0. The van der Waals surface area contributed by atoms with E-state index < -0.39 is 5.82 Å². The van der Waals surface area contributed by atoms with Gasteiger partial charge in [-0.05, 0) is 35.4 Å². The molecule has 1 nitrogen and oxygen atoms in total. The zero-order valence-corrected chi connectivity index (χ0v) is 8.63. The molecule has 0 atom stereocenters. The Balaban J connectivity index is 2.50. The van der Waals surface area contributed by atoms with Crippen molar-refractivity contribution >= 4 is 17.3 Å². The van der Waals surface area contributed by atoms with E-state index in [9.17, 15) is 4.39 Å². The van der Waals surface area contributed by atoms with Crippen molar-refractivity contribution in [2.75, 3.05) is 5.73 Å². The lowest BCUT2D eigenvalue weighted by Gasteiger charge is -2.03. The average Bonchev–Trinajstić information content (AvgIpc) is 2.22. The SMILES string of the molecule is Nc1cccc(-c2ccc(Cl)c(F)c2)c1. The molecule has 2 aromatic carbocycles. The average molecular weight is 222 g/mol. The van der Waals surface area contributed by atoms with Gasteiger partial charge in [0.15, 0.2) is 0 Å². The second-order valence-electron chi connectivity index (χ2n) is 3.25. The van der Waals surface area contributed by atoms with Crippen LogP contribution in [0.4, 0.5) is 10.1 Å². The standard InChI is InChI=1S/C12H9ClFN/c13-11-5-4-9(7-12(11)14)8-2-1-3-10(15)6-8/h1-7H,15H2. The first-order valence-corrected chi connectivity index (χ1v) is 4.85. The summed E-state index contributed by atoms with van der Waals surface area (Å²) in [5.74, 6) is -0.420. The molecule has 15 heavy (non-hydrogen) atoms. The first-order valence-electron chi connectivity index (χ1n) is 4.48. The molecule has 0 fully saturated rings. The topological polar surface area (TPSA) is 26.0 Å². The van der Waals surface area contributed by atoms with Crippen molar-refractivity contribution in [1.29, 1.82) is 0 Å². The van der Waals surface area contributed by atoms with Crippen LogP contribution < -0.4 is 5.73 Å². The number of nitrogen functional groups attached to an aromatic ring is 1. The summed E-state index contributed by atoms with van der Waals surface area (Å²) in [6, 6.07) is 12.0. The highest BCUT2D eigenvalue weighted by molar-refractivity contribution is 6.30. The summed E-state index contributed by atoms with van der Waals surface area (Å²) in [4.78, 5) is 0. The number of hydrogen-bond donors (Lipinski definition) is 1. The second-order valence-corrected chi connectivity index (χ2v) is 3.66. The van der Waals surface area contributed by atoms with Crippen LogP contribution >= 0.6 is 11.6 Å². The molecule has 0 aliphatic heterocycles. The van der Waals surface area contributed by atoms with Crippen molar-refractivity contribution in [3.8, 4) is 11.1 Å². The summed E-state index contributed by atoms with van der Waals surface area (Å²) < 4.78 is 13.2. The molecule has 0 aliphatic carbocycles. The molecule has 0 amide bonds. The van der Waals surface area contributed by atoms with Crippen LogP contribution in [0.3, 0.4) is 0 Å². The van der Waals surface area contributed by atoms with Gasteiger partial charge in [-0.25, -0.2) is 4.39 Å². The van der Waals surface area contributed by atoms with Crippen LogP contribution in [0, 0.1) is 5.82 Å². The Bertz CT molecular complexity index is 497. The summed E-state index contributed by atoms with van der Waals surface area (Å²) >= 11 is 5.60. The molecular formula is C12H9ClFN. The normalized spacial score (nSPS) is 10.3. The predicted molar refractivity (Wildman–Crippen MR) is 61.3 cm³/mol. The molecule has 0 spiro atoms. The van der Waals surface area contributed by atoms with Crippen LogP contribution in [0.15, 0.2) is 42.5 Å². The van der Waals surface area contributed by atoms with Crippen molar-refractivity contribution in [3.63, 3.8) is 0 Å². The lowest BCUT2D eigenvalue weighted by atomic mass is 10.1. The summed E-state index contributed by atoms with van der Waals surface area (Å²) in [5, 5.41) is 0.127. The van der Waals surface area contributed by atoms with Gasteiger partial charge in [-0.15, -0.1) is 0 Å². The Morgan fingerprint density at radius 1 is 1.00 bits per heavy atom. The Kier molecular flexibility index (Phi) is 2.60. The van der Waals surface area contributed by atoms with Gasteiger partial charge in [0.05, 0.1) is 5.02 Å². The molecule has 0 radical (unpaired) electrons. The zero-order chi connectivity index (χ0) is 10.8. The summed E-state index contributed by atoms with van der Waals surface area (Å²) in [7, 11) is 0. The Hall–Kier alpha value is -1.54. The van der Waals surface area contributed by atoms with E-state index in [4.69, 9.17) is 17.3 Å². The van der Waals surface area contributed by atoms with Gasteiger partial charge in [0.2, 0.25) is 0 Å². The number of nitrogens with two attached hydrogens (primary N) is 1. The quantitative estimate of drug-likeness (QED) is 0.730. The molecule has 0 unspecified atom stereocenters. The highest BCUT2D eigenvalue weighted by Gasteiger charge is 2.03. The Morgan fingerprint density at radius 3 is 2.40 bits per heavy atom. The third-order valence-electron chi connectivity index (χ3n) is 2.14. The second kappa shape index (κ2) is 3.91. The minimum absolute atomic E-state index is 0.127. The van der Waals surface area contributed by atoms with E-state index in [1.54, 1.807) is 18.2 Å². The van der Waals surface area contributed by atoms with E-state index in [0.717, 1.165) is 11.1 Å². The number of anilines is 1. The molecule has 0 bridgehead atoms. The Morgan fingerprint density at radius 2 is 1.73 bits per heavy atom. The lowest BCUT2D eigenvalue weighted by molar-refractivity contribution is 0.629. The van der Waals surface area contributed by atoms with Crippen LogP contribution in [0.2, 0.25) is 5.02 Å². The fourth-order valence-corrected chi connectivity index (χ4v) is 1.51. The van der Waals surface area contributed by atoms with E-state index in [0.29, 0.717) is 5.69 Å². The predicted octanol–water partition coefficient (Wildman–Crippen LogP) is 3.73. The van der Waals surface area contributed by atoms with E-state index >= 15 is 0 Å². The van der Waals surface area contributed by atoms with Crippen molar-refractivity contribution in [2.24, 2.45) is 0 Å². The molecule has 3 heteroatoms. The molecule has 0 aromatic heterocycles. The molecule has 0 heterocycles. The minimum Gasteiger partial charge on any atom is -0.399 e. The monoisotopic (exact) mass is 221 g/mol. The van der Waals surface area contributed by atoms with Crippen LogP contribution in [0.1, 0.15) is 0 Å². The maximum atomic E-state index is 13.2. The largest absolute Gasteiger partial charge is 0.399 e. The van der Waals surface area contributed by atoms with E-state index in [-0.39, 0.29) is 5.02 Å². The first kappa shape index (κ1) is 9.99. The Labute approximate surface area is 92.3 Å². The van der Waals surface area contributed by atoms with Crippen LogP contribution in [-0.2, 0) is 0 Å². The molecule has 0 saturated heterocycles. The molecule has 76 valence electrons. The summed E-state index contributed by atoms with van der Waals surface area (Å²) in [5.41, 5.74) is 7.95. The molecule has 2 rings (SSSR count). The van der Waals surface area contributed by atoms with Crippen molar-refractivity contribution in [1.82, 2.24) is 0 Å². The fourth-order valence-electron chi connectivity index (χ4n) is 1.39. The third-order valence-corrected chi connectivity index (χ3v) is 2.45. The van der Waals surface area contributed by atoms with Gasteiger partial charge in [-0.3, -0.25) is 0 Å². The first-order chi connectivity index (χ1) is 7.16. The van der Waals surface area contributed by atoms with Gasteiger partial charge >= 0.3 is 0 Å². The summed E-state index contributed by atoms with van der Waals surface area (Å²) in [6.07, 6.45) is 0. The minimum atomic E-state index is -0.420. The lowest BCUT2D eigenvalue weighted by Crippen LogP contribution is -1.86. The van der Waals surface area contributed by atoms with Crippen LogP contribution in [0.25, 0.3) is 11.1 Å². The van der Waals surface area contributed by atoms with E-state index in [2.05, 4.69) is 0 Å². The number of hydrogen-bond acceptors (Lipinski definition) is 1. The van der Waals surface area contributed by atoms with Crippen molar-refractivity contribution < 1.29 is 4.39 Å². The summed E-state index contributed by atoms with van der Waals surface area (Å²) in [6.45, 7) is 0. The van der Waals surface area contributed by atoms with Crippen molar-refractivity contribution in [2.45, 2.75) is 0 Å². The van der Waals surface area contributed by atoms with Crippen molar-refractivity contribution in [3.05, 3.63) is 53.3 Å². The zero-order valence-electron chi connectivity index (χ0n) is 7.87.